The molecule has 162 valence electrons. The van der Waals surface area contributed by atoms with E-state index in [4.69, 9.17) is 4.42 Å². The van der Waals surface area contributed by atoms with Crippen LogP contribution < -0.4 is 5.32 Å². The third kappa shape index (κ3) is 5.34. The lowest BCUT2D eigenvalue weighted by molar-refractivity contribution is -0.121. The number of furan rings is 1. The number of rotatable bonds is 7. The number of likely N-dealkylation sites (tertiary alicyclic amines) is 1. The first-order chi connectivity index (χ1) is 14.7. The lowest BCUT2D eigenvalue weighted by Gasteiger charge is -2.34. The number of allylic oxidation sites excluding steroid dienone is 1. The molecule has 4 heteroatoms. The van der Waals surface area contributed by atoms with Crippen molar-refractivity contribution in [3.05, 3.63) is 48.2 Å². The molecule has 0 unspecified atom stereocenters. The van der Waals surface area contributed by atoms with Crippen molar-refractivity contribution < 1.29 is 9.21 Å². The Hall–Kier alpha value is -2.07. The highest BCUT2D eigenvalue weighted by molar-refractivity contribution is 5.81. The van der Waals surface area contributed by atoms with E-state index in [-0.39, 0.29) is 5.91 Å². The molecular formula is C26H36N2O2. The summed E-state index contributed by atoms with van der Waals surface area (Å²) in [6, 6.07) is 8.80. The summed E-state index contributed by atoms with van der Waals surface area (Å²) >= 11 is 0. The molecule has 2 fully saturated rings. The Morgan fingerprint density at radius 3 is 2.67 bits per heavy atom. The van der Waals surface area contributed by atoms with Gasteiger partial charge in [-0.05, 0) is 89.4 Å². The minimum atomic E-state index is 0.171. The number of piperidine rings is 1. The van der Waals surface area contributed by atoms with Gasteiger partial charge >= 0.3 is 0 Å². The number of amides is 1. The second-order valence-corrected chi connectivity index (χ2v) is 9.15. The number of hydrogen-bond donors (Lipinski definition) is 1. The molecule has 0 bridgehead atoms. The van der Waals surface area contributed by atoms with Crippen molar-refractivity contribution in [3.8, 4) is 0 Å². The lowest BCUT2D eigenvalue weighted by Crippen LogP contribution is -2.38. The Morgan fingerprint density at radius 2 is 1.90 bits per heavy atom. The van der Waals surface area contributed by atoms with Gasteiger partial charge in [-0.1, -0.05) is 30.4 Å². The van der Waals surface area contributed by atoms with Gasteiger partial charge in [0.15, 0.2) is 0 Å². The molecule has 30 heavy (non-hydrogen) atoms. The molecule has 1 N–H and O–H groups in total. The van der Waals surface area contributed by atoms with E-state index < -0.39 is 0 Å². The van der Waals surface area contributed by atoms with Gasteiger partial charge in [-0.25, -0.2) is 0 Å². The summed E-state index contributed by atoms with van der Waals surface area (Å²) in [6.45, 7) is 5.57. The number of benzene rings is 1. The van der Waals surface area contributed by atoms with Crippen molar-refractivity contribution in [1.29, 1.82) is 0 Å². The van der Waals surface area contributed by atoms with E-state index in [2.05, 4.69) is 28.4 Å². The summed E-state index contributed by atoms with van der Waals surface area (Å²) in [4.78, 5) is 14.5. The number of nitrogens with zero attached hydrogens (tertiary/aromatic N) is 1. The fourth-order valence-electron chi connectivity index (χ4n) is 5.25. The van der Waals surface area contributed by atoms with Gasteiger partial charge in [0.05, 0.1) is 6.26 Å². The van der Waals surface area contributed by atoms with E-state index in [9.17, 15) is 4.79 Å². The van der Waals surface area contributed by atoms with Crippen LogP contribution in [0.1, 0.15) is 69.8 Å². The molecular weight excluding hydrogens is 372 g/mol. The van der Waals surface area contributed by atoms with Crippen LogP contribution in [0.4, 0.5) is 0 Å². The summed E-state index contributed by atoms with van der Waals surface area (Å²) in [5.74, 6) is 1.63. The SMILES string of the molecule is C/C=C/CC(=O)N[C@H]1CC[C@H](CCN2CCC(c3coc4ccccc34)CC2)CC1. The number of nitrogens with one attached hydrogen (secondary N) is 1. The van der Waals surface area contributed by atoms with Crippen molar-refractivity contribution in [2.45, 2.75) is 70.3 Å². The first-order valence-corrected chi connectivity index (χ1v) is 11.8. The number of fused-ring (bicyclic) bond motifs is 1. The summed E-state index contributed by atoms with van der Waals surface area (Å²) in [7, 11) is 0. The second-order valence-electron chi connectivity index (χ2n) is 9.15. The smallest absolute Gasteiger partial charge is 0.224 e. The quantitative estimate of drug-likeness (QED) is 0.603. The molecule has 1 aliphatic carbocycles. The van der Waals surface area contributed by atoms with Crippen molar-refractivity contribution in [1.82, 2.24) is 10.2 Å². The zero-order chi connectivity index (χ0) is 20.8. The number of hydrogen-bond acceptors (Lipinski definition) is 3. The molecule has 2 aromatic rings. The highest BCUT2D eigenvalue weighted by Gasteiger charge is 2.26. The third-order valence-corrected chi connectivity index (χ3v) is 7.14. The van der Waals surface area contributed by atoms with Gasteiger partial charge in [0.2, 0.25) is 5.91 Å². The third-order valence-electron chi connectivity index (χ3n) is 7.14. The van der Waals surface area contributed by atoms with Gasteiger partial charge < -0.3 is 14.6 Å². The van der Waals surface area contributed by atoms with Gasteiger partial charge in [0.1, 0.15) is 5.58 Å². The predicted molar refractivity (Wildman–Crippen MR) is 123 cm³/mol. The van der Waals surface area contributed by atoms with E-state index in [0.29, 0.717) is 18.4 Å². The van der Waals surface area contributed by atoms with E-state index in [1.807, 2.05) is 31.4 Å². The molecule has 1 aliphatic heterocycles. The fourth-order valence-corrected chi connectivity index (χ4v) is 5.25. The number of carbonyl (C=O) groups excluding carboxylic acids is 1. The molecule has 1 saturated heterocycles. The molecule has 1 amide bonds. The van der Waals surface area contributed by atoms with Gasteiger partial charge in [-0.3, -0.25) is 4.79 Å². The van der Waals surface area contributed by atoms with Gasteiger partial charge in [-0.15, -0.1) is 0 Å². The van der Waals surface area contributed by atoms with Crippen LogP contribution in [0.5, 0.6) is 0 Å². The number of para-hydroxylation sites is 1. The predicted octanol–water partition coefficient (Wildman–Crippen LogP) is 5.64. The fraction of sp³-hybridized carbons (Fsp3) is 0.577. The Kier molecular flexibility index (Phi) is 7.27. The Morgan fingerprint density at radius 1 is 1.13 bits per heavy atom. The maximum absolute atomic E-state index is 11.9. The Balaban J connectivity index is 1.16. The van der Waals surface area contributed by atoms with Crippen molar-refractivity contribution in [3.63, 3.8) is 0 Å². The van der Waals surface area contributed by atoms with Crippen LogP contribution in [0.15, 0.2) is 47.1 Å². The van der Waals surface area contributed by atoms with Crippen LogP contribution >= 0.6 is 0 Å². The average Bonchev–Trinajstić information content (AvgIpc) is 3.22. The van der Waals surface area contributed by atoms with Crippen molar-refractivity contribution in [2.24, 2.45) is 5.92 Å². The van der Waals surface area contributed by atoms with E-state index >= 15 is 0 Å². The molecule has 1 aromatic heterocycles. The molecule has 4 rings (SSSR count). The van der Waals surface area contributed by atoms with E-state index in [1.165, 1.54) is 62.7 Å². The van der Waals surface area contributed by atoms with Crippen LogP contribution in [0.3, 0.4) is 0 Å². The Labute approximate surface area is 180 Å². The lowest BCUT2D eigenvalue weighted by atomic mass is 9.83. The normalized spacial score (nSPS) is 23.9. The molecule has 4 nitrogen and oxygen atoms in total. The molecule has 2 aliphatic rings. The van der Waals surface area contributed by atoms with E-state index in [1.54, 1.807) is 0 Å². The van der Waals surface area contributed by atoms with Crippen molar-refractivity contribution >= 4 is 16.9 Å². The standard InChI is InChI=1S/C26H36N2O2/c1-2-3-8-26(29)27-22-11-9-20(10-12-22)13-16-28-17-14-21(15-18-28)24-19-30-25-7-5-4-6-23(24)25/h2-7,19-22H,8-18H2,1H3,(H,27,29)/b3-2+/t20-,22-. The van der Waals surface area contributed by atoms with Gasteiger partial charge in [0, 0.05) is 23.4 Å². The average molecular weight is 409 g/mol. The van der Waals surface area contributed by atoms with Crippen LogP contribution in [0.25, 0.3) is 11.0 Å². The largest absolute Gasteiger partial charge is 0.464 e. The van der Waals surface area contributed by atoms with Crippen LogP contribution in [-0.4, -0.2) is 36.5 Å². The second kappa shape index (κ2) is 10.3. The van der Waals surface area contributed by atoms with Crippen LogP contribution in [0, 0.1) is 5.92 Å². The van der Waals surface area contributed by atoms with Crippen molar-refractivity contribution in [2.75, 3.05) is 19.6 Å². The highest BCUT2D eigenvalue weighted by atomic mass is 16.3. The van der Waals surface area contributed by atoms with Crippen LogP contribution in [-0.2, 0) is 4.79 Å². The zero-order valence-electron chi connectivity index (χ0n) is 18.3. The van der Waals surface area contributed by atoms with Crippen LogP contribution in [0.2, 0.25) is 0 Å². The summed E-state index contributed by atoms with van der Waals surface area (Å²) in [5.41, 5.74) is 2.42. The first kappa shape index (κ1) is 21.2. The van der Waals surface area contributed by atoms with Gasteiger partial charge in [-0.2, -0.15) is 0 Å². The topological polar surface area (TPSA) is 45.5 Å². The number of carbonyl (C=O) groups is 1. The Bertz CT molecular complexity index is 840. The van der Waals surface area contributed by atoms with Gasteiger partial charge in [0.25, 0.3) is 0 Å². The maximum atomic E-state index is 11.9. The molecule has 0 radical (unpaired) electrons. The summed E-state index contributed by atoms with van der Waals surface area (Å²) < 4.78 is 5.76. The zero-order valence-corrected chi connectivity index (χ0v) is 18.3. The minimum absolute atomic E-state index is 0.171. The molecule has 0 atom stereocenters. The molecule has 1 saturated carbocycles. The molecule has 1 aromatic carbocycles. The molecule has 0 spiro atoms. The monoisotopic (exact) mass is 408 g/mol. The summed E-state index contributed by atoms with van der Waals surface area (Å²) in [5, 5.41) is 4.50. The molecule has 2 heterocycles. The summed E-state index contributed by atoms with van der Waals surface area (Å²) in [6.07, 6.45) is 14.9. The first-order valence-electron chi connectivity index (χ1n) is 11.8. The van der Waals surface area contributed by atoms with E-state index in [0.717, 1.165) is 24.3 Å². The minimum Gasteiger partial charge on any atom is -0.464 e. The highest BCUT2D eigenvalue weighted by Crippen LogP contribution is 2.35. The maximum Gasteiger partial charge on any atom is 0.224 e.